The highest BCUT2D eigenvalue weighted by molar-refractivity contribution is 7.99. The monoisotopic (exact) mass is 265 g/mol. The predicted octanol–water partition coefficient (Wildman–Crippen LogP) is 1.98. The summed E-state index contributed by atoms with van der Waals surface area (Å²) in [6.07, 6.45) is 0. The Kier molecular flexibility index (Phi) is 6.92. The molecule has 0 unspecified atom stereocenters. The summed E-state index contributed by atoms with van der Waals surface area (Å²) < 4.78 is 9.71. The maximum absolute atomic E-state index is 11.3. The van der Waals surface area contributed by atoms with Crippen LogP contribution in [0, 0.1) is 11.3 Å². The standard InChI is InChI=1S/C13H15NO3S/c1-16-6-7-17-13(15)10-18-9-12-4-2-11(8-14)3-5-12/h2-5H,6-7,9-10H2,1H3. The summed E-state index contributed by atoms with van der Waals surface area (Å²) in [4.78, 5) is 11.3. The van der Waals surface area contributed by atoms with Crippen LogP contribution in [-0.2, 0) is 20.0 Å². The molecule has 5 heteroatoms. The number of esters is 1. The fourth-order valence-corrected chi connectivity index (χ4v) is 1.99. The zero-order valence-corrected chi connectivity index (χ0v) is 11.0. The zero-order valence-electron chi connectivity index (χ0n) is 10.2. The number of nitriles is 1. The summed E-state index contributed by atoms with van der Waals surface area (Å²) >= 11 is 1.49. The van der Waals surface area contributed by atoms with Gasteiger partial charge >= 0.3 is 5.97 Å². The topological polar surface area (TPSA) is 59.3 Å². The van der Waals surface area contributed by atoms with Gasteiger partial charge < -0.3 is 9.47 Å². The average molecular weight is 265 g/mol. The second-order valence-corrected chi connectivity index (χ2v) is 4.50. The highest BCUT2D eigenvalue weighted by Gasteiger charge is 2.03. The van der Waals surface area contributed by atoms with Crippen molar-refractivity contribution in [2.75, 3.05) is 26.1 Å². The summed E-state index contributed by atoms with van der Waals surface area (Å²) in [6.45, 7) is 0.721. The molecule has 1 aromatic rings. The number of rotatable bonds is 7. The highest BCUT2D eigenvalue weighted by Crippen LogP contribution is 2.13. The largest absolute Gasteiger partial charge is 0.463 e. The van der Waals surface area contributed by atoms with Gasteiger partial charge in [0, 0.05) is 12.9 Å². The van der Waals surface area contributed by atoms with Gasteiger partial charge in [-0.25, -0.2) is 0 Å². The number of carbonyl (C=O) groups is 1. The quantitative estimate of drug-likeness (QED) is 0.557. The lowest BCUT2D eigenvalue weighted by atomic mass is 10.2. The van der Waals surface area contributed by atoms with Gasteiger partial charge in [-0.2, -0.15) is 5.26 Å². The maximum atomic E-state index is 11.3. The number of nitrogens with zero attached hydrogens (tertiary/aromatic N) is 1. The molecule has 0 amide bonds. The van der Waals surface area contributed by atoms with E-state index in [4.69, 9.17) is 14.7 Å². The van der Waals surface area contributed by atoms with Crippen LogP contribution in [0.4, 0.5) is 0 Å². The Morgan fingerprint density at radius 3 is 2.67 bits per heavy atom. The molecule has 1 rings (SSSR count). The molecule has 0 fully saturated rings. The minimum atomic E-state index is -0.231. The summed E-state index contributed by atoms with van der Waals surface area (Å²) in [7, 11) is 1.56. The van der Waals surface area contributed by atoms with E-state index in [1.807, 2.05) is 12.1 Å². The van der Waals surface area contributed by atoms with Crippen LogP contribution in [0.5, 0.6) is 0 Å². The van der Waals surface area contributed by atoms with Crippen molar-refractivity contribution in [2.45, 2.75) is 5.75 Å². The van der Waals surface area contributed by atoms with Gasteiger partial charge in [0.25, 0.3) is 0 Å². The lowest BCUT2D eigenvalue weighted by Crippen LogP contribution is -2.11. The normalized spacial score (nSPS) is 9.78. The van der Waals surface area contributed by atoms with Crippen LogP contribution >= 0.6 is 11.8 Å². The minimum absolute atomic E-state index is 0.231. The first-order chi connectivity index (χ1) is 8.76. The summed E-state index contributed by atoms with van der Waals surface area (Å²) in [5, 5.41) is 8.65. The Morgan fingerprint density at radius 1 is 1.33 bits per heavy atom. The van der Waals surface area contributed by atoms with Crippen molar-refractivity contribution in [3.8, 4) is 6.07 Å². The first-order valence-corrected chi connectivity index (χ1v) is 6.63. The third-order valence-electron chi connectivity index (χ3n) is 2.12. The van der Waals surface area contributed by atoms with Gasteiger partial charge in [0.1, 0.15) is 6.61 Å². The van der Waals surface area contributed by atoms with E-state index >= 15 is 0 Å². The smallest absolute Gasteiger partial charge is 0.315 e. The molecule has 0 saturated carbocycles. The molecule has 0 N–H and O–H groups in total. The van der Waals surface area contributed by atoms with Crippen LogP contribution in [0.15, 0.2) is 24.3 Å². The van der Waals surface area contributed by atoms with Crippen molar-refractivity contribution in [1.29, 1.82) is 5.26 Å². The number of hydrogen-bond donors (Lipinski definition) is 0. The third-order valence-corrected chi connectivity index (χ3v) is 3.10. The number of hydrogen-bond acceptors (Lipinski definition) is 5. The Morgan fingerprint density at radius 2 is 2.06 bits per heavy atom. The van der Waals surface area contributed by atoms with Crippen LogP contribution in [-0.4, -0.2) is 32.0 Å². The summed E-state index contributed by atoms with van der Waals surface area (Å²) in [5.74, 6) is 0.820. The first kappa shape index (κ1) is 14.6. The van der Waals surface area contributed by atoms with E-state index < -0.39 is 0 Å². The van der Waals surface area contributed by atoms with Gasteiger partial charge in [-0.1, -0.05) is 12.1 Å². The average Bonchev–Trinajstić information content (AvgIpc) is 2.40. The van der Waals surface area contributed by atoms with E-state index in [1.54, 1.807) is 19.2 Å². The van der Waals surface area contributed by atoms with Crippen molar-refractivity contribution < 1.29 is 14.3 Å². The number of carbonyl (C=O) groups excluding carboxylic acids is 1. The van der Waals surface area contributed by atoms with E-state index in [1.165, 1.54) is 11.8 Å². The molecule has 96 valence electrons. The van der Waals surface area contributed by atoms with Crippen molar-refractivity contribution in [1.82, 2.24) is 0 Å². The molecule has 0 atom stereocenters. The van der Waals surface area contributed by atoms with E-state index in [2.05, 4.69) is 6.07 Å². The molecule has 0 aromatic heterocycles. The molecule has 18 heavy (non-hydrogen) atoms. The van der Waals surface area contributed by atoms with E-state index in [0.717, 1.165) is 11.3 Å². The van der Waals surface area contributed by atoms with Gasteiger partial charge in [0.05, 0.1) is 24.0 Å². The molecule has 0 aliphatic carbocycles. The van der Waals surface area contributed by atoms with Crippen molar-refractivity contribution in [3.05, 3.63) is 35.4 Å². The molecule has 0 spiro atoms. The maximum Gasteiger partial charge on any atom is 0.315 e. The third kappa shape index (κ3) is 5.71. The molecule has 0 bridgehead atoms. The molecule has 0 heterocycles. The Hall–Kier alpha value is -1.51. The number of ether oxygens (including phenoxy) is 2. The Balaban J connectivity index is 2.20. The van der Waals surface area contributed by atoms with Gasteiger partial charge in [-0.15, -0.1) is 11.8 Å². The van der Waals surface area contributed by atoms with E-state index in [9.17, 15) is 4.79 Å². The summed E-state index contributed by atoms with van der Waals surface area (Å²) in [6, 6.07) is 9.39. The fraction of sp³-hybridized carbons (Fsp3) is 0.385. The Bertz CT molecular complexity index is 411. The van der Waals surface area contributed by atoms with Gasteiger partial charge in [0.2, 0.25) is 0 Å². The molecular weight excluding hydrogens is 250 g/mol. The second-order valence-electron chi connectivity index (χ2n) is 3.51. The van der Waals surface area contributed by atoms with Crippen LogP contribution in [0.1, 0.15) is 11.1 Å². The van der Waals surface area contributed by atoms with Crippen molar-refractivity contribution in [3.63, 3.8) is 0 Å². The number of thioether (sulfide) groups is 1. The SMILES string of the molecule is COCCOC(=O)CSCc1ccc(C#N)cc1. The zero-order chi connectivity index (χ0) is 13.2. The predicted molar refractivity (Wildman–Crippen MR) is 70.2 cm³/mol. The van der Waals surface area contributed by atoms with E-state index in [-0.39, 0.29) is 5.97 Å². The molecule has 0 aliphatic rings. The molecule has 0 saturated heterocycles. The molecule has 0 aliphatic heterocycles. The first-order valence-electron chi connectivity index (χ1n) is 5.47. The van der Waals surface area contributed by atoms with Crippen LogP contribution in [0.3, 0.4) is 0 Å². The van der Waals surface area contributed by atoms with Crippen molar-refractivity contribution in [2.24, 2.45) is 0 Å². The molecule has 1 aromatic carbocycles. The van der Waals surface area contributed by atoms with Gasteiger partial charge in [0.15, 0.2) is 0 Å². The lowest BCUT2D eigenvalue weighted by molar-refractivity contribution is -0.141. The van der Waals surface area contributed by atoms with Crippen LogP contribution in [0.25, 0.3) is 0 Å². The lowest BCUT2D eigenvalue weighted by Gasteiger charge is -2.04. The van der Waals surface area contributed by atoms with Crippen LogP contribution < -0.4 is 0 Å². The van der Waals surface area contributed by atoms with Gasteiger partial charge in [-0.05, 0) is 17.7 Å². The summed E-state index contributed by atoms with van der Waals surface area (Å²) in [5.41, 5.74) is 1.73. The minimum Gasteiger partial charge on any atom is -0.463 e. The second kappa shape index (κ2) is 8.56. The fourth-order valence-electron chi connectivity index (χ4n) is 1.21. The molecule has 0 radical (unpaired) electrons. The van der Waals surface area contributed by atoms with E-state index in [0.29, 0.717) is 24.5 Å². The van der Waals surface area contributed by atoms with Crippen LogP contribution in [0.2, 0.25) is 0 Å². The highest BCUT2D eigenvalue weighted by atomic mass is 32.2. The number of benzene rings is 1. The molecular formula is C13H15NO3S. The Labute approximate surface area is 111 Å². The van der Waals surface area contributed by atoms with Gasteiger partial charge in [-0.3, -0.25) is 4.79 Å². The number of methoxy groups -OCH3 is 1. The van der Waals surface area contributed by atoms with Crippen molar-refractivity contribution >= 4 is 17.7 Å². The molecule has 4 nitrogen and oxygen atoms in total.